The predicted octanol–water partition coefficient (Wildman–Crippen LogP) is 14.8. The van der Waals surface area contributed by atoms with E-state index in [9.17, 15) is 0 Å². The van der Waals surface area contributed by atoms with Crippen LogP contribution >= 0.6 is 0 Å². The lowest BCUT2D eigenvalue weighted by molar-refractivity contribution is 0.417. The van der Waals surface area contributed by atoms with Crippen molar-refractivity contribution in [3.05, 3.63) is 198 Å². The van der Waals surface area contributed by atoms with E-state index < -0.39 is 0 Å². The highest BCUT2D eigenvalue weighted by molar-refractivity contribution is 6.12. The fourth-order valence-electron chi connectivity index (χ4n) is 10.7. The Morgan fingerprint density at radius 3 is 2.21 bits per heavy atom. The quantitative estimate of drug-likeness (QED) is 0.172. The Bertz CT molecular complexity index is 3050. The molecule has 3 aliphatic rings. The van der Waals surface area contributed by atoms with Crippen molar-refractivity contribution in [2.75, 3.05) is 4.90 Å². The number of nitrogens with zero attached hydrogens (tertiary/aromatic N) is 2. The number of hydrogen-bond donors (Lipinski definition) is 0. The molecule has 3 aliphatic carbocycles. The summed E-state index contributed by atoms with van der Waals surface area (Å²) < 4.78 is 2.49. The van der Waals surface area contributed by atoms with Crippen molar-refractivity contribution in [3.63, 3.8) is 0 Å². The summed E-state index contributed by atoms with van der Waals surface area (Å²) in [6.45, 7) is 0. The molecule has 2 atom stereocenters. The molecule has 0 aliphatic heterocycles. The summed E-state index contributed by atoms with van der Waals surface area (Å²) in [5.74, 6) is 0.988. The van der Waals surface area contributed by atoms with Crippen LogP contribution in [-0.4, -0.2) is 4.57 Å². The molecule has 1 aromatic heterocycles. The summed E-state index contributed by atoms with van der Waals surface area (Å²) in [4.78, 5) is 2.57. The van der Waals surface area contributed by atoms with Gasteiger partial charge in [0, 0.05) is 38.9 Å². The molecule has 0 amide bonds. The van der Waals surface area contributed by atoms with E-state index in [0.29, 0.717) is 11.8 Å². The van der Waals surface area contributed by atoms with Gasteiger partial charge in [-0.2, -0.15) is 0 Å². The Balaban J connectivity index is 1.15. The van der Waals surface area contributed by atoms with Crippen molar-refractivity contribution >= 4 is 55.7 Å². The lowest BCUT2D eigenvalue weighted by Crippen LogP contribution is -2.22. The molecule has 1 heterocycles. The Morgan fingerprint density at radius 2 is 1.27 bits per heavy atom. The number of hydrogen-bond acceptors (Lipinski definition) is 1. The van der Waals surface area contributed by atoms with Crippen LogP contribution in [0.25, 0.3) is 66.6 Å². The van der Waals surface area contributed by atoms with Crippen LogP contribution in [0.3, 0.4) is 0 Å². The molecule has 0 bridgehead atoms. The van der Waals surface area contributed by atoms with E-state index in [1.807, 2.05) is 0 Å². The van der Waals surface area contributed by atoms with Crippen LogP contribution in [0, 0.1) is 5.92 Å². The topological polar surface area (TPSA) is 8.17 Å². The maximum Gasteiger partial charge on any atom is 0.0562 e. The Labute approximate surface area is 327 Å². The van der Waals surface area contributed by atoms with Crippen molar-refractivity contribution in [1.29, 1.82) is 0 Å². The number of aromatic nitrogens is 1. The molecular formula is C54H40N2. The number of rotatable bonds is 5. The van der Waals surface area contributed by atoms with Gasteiger partial charge in [-0.15, -0.1) is 0 Å². The van der Waals surface area contributed by atoms with Crippen LogP contribution in [0.4, 0.5) is 17.1 Å². The van der Waals surface area contributed by atoms with Gasteiger partial charge in [-0.3, -0.25) is 0 Å². The first-order valence-electron chi connectivity index (χ1n) is 20.2. The molecule has 0 N–H and O–H groups in total. The Morgan fingerprint density at radius 1 is 0.536 bits per heavy atom. The molecule has 12 rings (SSSR count). The Hall–Kier alpha value is -6.64. The number of allylic oxidation sites excluding steroid dienone is 1. The average Bonchev–Trinajstić information content (AvgIpc) is 3.78. The van der Waals surface area contributed by atoms with Crippen LogP contribution in [0.5, 0.6) is 0 Å². The number of benzene rings is 8. The van der Waals surface area contributed by atoms with Crippen molar-refractivity contribution in [2.24, 2.45) is 5.92 Å². The first-order chi connectivity index (χ1) is 27.8. The summed E-state index contributed by atoms with van der Waals surface area (Å²) in [5.41, 5.74) is 18.5. The molecule has 266 valence electrons. The van der Waals surface area contributed by atoms with Crippen LogP contribution in [0.15, 0.2) is 181 Å². The van der Waals surface area contributed by atoms with Crippen molar-refractivity contribution < 1.29 is 0 Å². The summed E-state index contributed by atoms with van der Waals surface area (Å²) in [7, 11) is 0. The zero-order valence-electron chi connectivity index (χ0n) is 31.2. The second-order valence-electron chi connectivity index (χ2n) is 15.9. The summed E-state index contributed by atoms with van der Waals surface area (Å²) >= 11 is 0. The van der Waals surface area contributed by atoms with Crippen molar-refractivity contribution in [3.8, 4) is 27.9 Å². The molecule has 56 heavy (non-hydrogen) atoms. The van der Waals surface area contributed by atoms with Gasteiger partial charge < -0.3 is 9.47 Å². The third kappa shape index (κ3) is 4.62. The molecule has 2 heteroatoms. The van der Waals surface area contributed by atoms with E-state index in [1.54, 1.807) is 5.57 Å². The third-order valence-corrected chi connectivity index (χ3v) is 13.0. The lowest BCUT2D eigenvalue weighted by Gasteiger charge is -2.36. The smallest absolute Gasteiger partial charge is 0.0562 e. The SMILES string of the molecule is C1=C2CCCCC2C2c3cccc(N(c4ccc5c6ccccc6n(-c6ccccc6-c6ccccc6)c5c4)c4cccc5ccccc45)c3-c3cccc1c32. The highest BCUT2D eigenvalue weighted by atomic mass is 15.1. The molecule has 0 spiro atoms. The molecule has 0 saturated heterocycles. The summed E-state index contributed by atoms with van der Waals surface area (Å²) in [5, 5.41) is 4.99. The standard InChI is InChI=1S/C54H40N2/c1-2-15-35(16-3-1)41-22-8-10-27-48(41)56-49-28-11-9-24-43(49)44-32-31-39(34-51(44)56)55(47-29-13-19-36-17-4-6-21-40(36)47)50-30-14-26-46-53(50)45-25-12-20-38-33-37-18-5-7-23-42(37)54(46)52(38)45/h1-4,6,8-17,19-22,24-34,42,54H,5,7,18,23H2. The minimum Gasteiger partial charge on any atom is -0.309 e. The maximum absolute atomic E-state index is 2.57. The van der Waals surface area contributed by atoms with E-state index in [2.05, 4.69) is 191 Å². The van der Waals surface area contributed by atoms with Gasteiger partial charge in [-0.1, -0.05) is 158 Å². The van der Waals surface area contributed by atoms with Gasteiger partial charge in [0.25, 0.3) is 0 Å². The highest BCUT2D eigenvalue weighted by Crippen LogP contribution is 2.60. The molecule has 1 saturated carbocycles. The number of fused-ring (bicyclic) bond motifs is 9. The molecule has 2 unspecified atom stereocenters. The van der Waals surface area contributed by atoms with Crippen molar-refractivity contribution in [2.45, 2.75) is 31.6 Å². The van der Waals surface area contributed by atoms with E-state index in [4.69, 9.17) is 0 Å². The van der Waals surface area contributed by atoms with Crippen LogP contribution in [-0.2, 0) is 0 Å². The van der Waals surface area contributed by atoms with E-state index >= 15 is 0 Å². The summed E-state index contributed by atoms with van der Waals surface area (Å²) in [6.07, 6.45) is 7.67. The van der Waals surface area contributed by atoms with Crippen LogP contribution in [0.2, 0.25) is 0 Å². The van der Waals surface area contributed by atoms with Gasteiger partial charge in [0.05, 0.1) is 28.1 Å². The van der Waals surface area contributed by atoms with Crippen LogP contribution < -0.4 is 4.90 Å². The average molecular weight is 717 g/mol. The van der Waals surface area contributed by atoms with Gasteiger partial charge >= 0.3 is 0 Å². The Kier molecular flexibility index (Phi) is 7.04. The second kappa shape index (κ2) is 12.4. The van der Waals surface area contributed by atoms with Gasteiger partial charge in [0.1, 0.15) is 0 Å². The lowest BCUT2D eigenvalue weighted by atomic mass is 9.68. The van der Waals surface area contributed by atoms with Gasteiger partial charge in [-0.05, 0) is 94.8 Å². The first-order valence-corrected chi connectivity index (χ1v) is 20.2. The molecule has 1 fully saturated rings. The number of anilines is 3. The van der Waals surface area contributed by atoms with Crippen molar-refractivity contribution in [1.82, 2.24) is 4.57 Å². The van der Waals surface area contributed by atoms with Crippen LogP contribution in [0.1, 0.15) is 48.3 Å². The van der Waals surface area contributed by atoms with E-state index in [-0.39, 0.29) is 0 Å². The predicted molar refractivity (Wildman–Crippen MR) is 236 cm³/mol. The molecule has 0 radical (unpaired) electrons. The van der Waals surface area contributed by atoms with E-state index in [1.165, 1.54) is 114 Å². The molecule has 2 nitrogen and oxygen atoms in total. The fourth-order valence-corrected chi connectivity index (χ4v) is 10.7. The zero-order chi connectivity index (χ0) is 36.7. The number of para-hydroxylation sites is 2. The zero-order valence-corrected chi connectivity index (χ0v) is 31.2. The first kappa shape index (κ1) is 31.7. The normalized spacial score (nSPS) is 16.8. The molecular weight excluding hydrogens is 677 g/mol. The largest absolute Gasteiger partial charge is 0.309 e. The summed E-state index contributed by atoms with van der Waals surface area (Å²) in [6, 6.07) is 65.5. The highest BCUT2D eigenvalue weighted by Gasteiger charge is 2.42. The van der Waals surface area contributed by atoms with Gasteiger partial charge in [-0.25, -0.2) is 0 Å². The maximum atomic E-state index is 2.57. The monoisotopic (exact) mass is 716 g/mol. The van der Waals surface area contributed by atoms with E-state index in [0.717, 1.165) is 5.69 Å². The second-order valence-corrected chi connectivity index (χ2v) is 15.9. The van der Waals surface area contributed by atoms with Gasteiger partial charge in [0.15, 0.2) is 0 Å². The third-order valence-electron chi connectivity index (χ3n) is 13.0. The minimum absolute atomic E-state index is 0.408. The molecule has 8 aromatic carbocycles. The van der Waals surface area contributed by atoms with Gasteiger partial charge in [0.2, 0.25) is 0 Å². The minimum atomic E-state index is 0.408. The fraction of sp³-hybridized carbons (Fsp3) is 0.111. The molecule has 9 aromatic rings.